The molecule has 0 fully saturated rings. The molecule has 0 spiro atoms. The first-order chi connectivity index (χ1) is 6.20. The molecule has 0 radical (unpaired) electrons. The first-order valence-corrected chi connectivity index (χ1v) is 4.23. The van der Waals surface area contributed by atoms with Crippen LogP contribution in [0, 0.1) is 0 Å². The van der Waals surface area contributed by atoms with Crippen molar-refractivity contribution >= 4 is 5.97 Å². The molecule has 0 aliphatic carbocycles. The van der Waals surface area contributed by atoms with Gasteiger partial charge in [-0.2, -0.15) is 0 Å². The summed E-state index contributed by atoms with van der Waals surface area (Å²) in [5.41, 5.74) is 1.36. The van der Waals surface area contributed by atoms with Gasteiger partial charge in [-0.3, -0.25) is 0 Å². The number of carbonyl (C=O) groups is 1. The van der Waals surface area contributed by atoms with Crippen LogP contribution in [0.2, 0.25) is 0 Å². The molecular formula is C10H13NO2. The summed E-state index contributed by atoms with van der Waals surface area (Å²) >= 11 is 0. The van der Waals surface area contributed by atoms with Gasteiger partial charge < -0.3 is 9.67 Å². The van der Waals surface area contributed by atoms with Gasteiger partial charge in [0.15, 0.2) is 0 Å². The largest absolute Gasteiger partial charge is 0.477 e. The van der Waals surface area contributed by atoms with Crippen LogP contribution in [0.5, 0.6) is 0 Å². The van der Waals surface area contributed by atoms with Crippen molar-refractivity contribution in [3.63, 3.8) is 0 Å². The van der Waals surface area contributed by atoms with Crippen LogP contribution < -0.4 is 0 Å². The molecule has 13 heavy (non-hydrogen) atoms. The predicted molar refractivity (Wildman–Crippen MR) is 51.0 cm³/mol. The van der Waals surface area contributed by atoms with E-state index in [1.54, 1.807) is 16.7 Å². The Morgan fingerprint density at radius 3 is 2.85 bits per heavy atom. The standard InChI is InChI=1S/C10H13NO2/c1-3-7-11-8(4-2)5-6-9(11)10(12)13/h3,5-6H,1,4,7H2,2H3,(H,12,13). The molecule has 0 atom stereocenters. The lowest BCUT2D eigenvalue weighted by atomic mass is 10.3. The van der Waals surface area contributed by atoms with E-state index in [0.717, 1.165) is 12.1 Å². The van der Waals surface area contributed by atoms with Crippen LogP contribution in [0.3, 0.4) is 0 Å². The first kappa shape index (κ1) is 9.58. The molecule has 1 N–H and O–H groups in total. The number of hydrogen-bond acceptors (Lipinski definition) is 1. The molecule has 0 saturated heterocycles. The number of nitrogens with zero attached hydrogens (tertiary/aromatic N) is 1. The van der Waals surface area contributed by atoms with Crippen molar-refractivity contribution in [3.05, 3.63) is 36.2 Å². The quantitative estimate of drug-likeness (QED) is 0.717. The number of aromatic nitrogens is 1. The Balaban J connectivity index is 3.12. The van der Waals surface area contributed by atoms with Gasteiger partial charge in [-0.25, -0.2) is 4.79 Å². The van der Waals surface area contributed by atoms with Gasteiger partial charge in [0.25, 0.3) is 0 Å². The van der Waals surface area contributed by atoms with Gasteiger partial charge in [0, 0.05) is 12.2 Å². The minimum Gasteiger partial charge on any atom is -0.477 e. The lowest BCUT2D eigenvalue weighted by molar-refractivity contribution is 0.0685. The Morgan fingerprint density at radius 1 is 1.69 bits per heavy atom. The van der Waals surface area contributed by atoms with Crippen LogP contribution in [-0.2, 0) is 13.0 Å². The van der Waals surface area contributed by atoms with Gasteiger partial charge in [-0.15, -0.1) is 6.58 Å². The van der Waals surface area contributed by atoms with Crippen molar-refractivity contribution in [3.8, 4) is 0 Å². The minimum absolute atomic E-state index is 0.330. The summed E-state index contributed by atoms with van der Waals surface area (Å²) in [5.74, 6) is -0.887. The van der Waals surface area contributed by atoms with Crippen molar-refractivity contribution in [1.29, 1.82) is 0 Å². The SMILES string of the molecule is C=CCn1c(CC)ccc1C(=O)O. The topological polar surface area (TPSA) is 42.2 Å². The second-order valence-corrected chi connectivity index (χ2v) is 2.77. The van der Waals surface area contributed by atoms with Crippen LogP contribution in [0.15, 0.2) is 24.8 Å². The summed E-state index contributed by atoms with van der Waals surface area (Å²) < 4.78 is 1.76. The van der Waals surface area contributed by atoms with Crippen molar-refractivity contribution in [2.75, 3.05) is 0 Å². The van der Waals surface area contributed by atoms with Gasteiger partial charge >= 0.3 is 5.97 Å². The third-order valence-electron chi connectivity index (χ3n) is 1.96. The zero-order chi connectivity index (χ0) is 9.84. The summed E-state index contributed by atoms with van der Waals surface area (Å²) in [6.45, 7) is 6.15. The molecule has 0 saturated carbocycles. The van der Waals surface area contributed by atoms with Gasteiger partial charge in [0.05, 0.1) is 0 Å². The monoisotopic (exact) mass is 179 g/mol. The highest BCUT2D eigenvalue weighted by Gasteiger charge is 2.11. The Bertz CT molecular complexity index is 326. The Hall–Kier alpha value is -1.51. The average molecular weight is 179 g/mol. The van der Waals surface area contributed by atoms with Crippen LogP contribution in [0.1, 0.15) is 23.1 Å². The number of aryl methyl sites for hydroxylation is 1. The van der Waals surface area contributed by atoms with Crippen molar-refractivity contribution in [2.24, 2.45) is 0 Å². The van der Waals surface area contributed by atoms with E-state index < -0.39 is 5.97 Å². The molecule has 1 aromatic rings. The molecule has 3 nitrogen and oxygen atoms in total. The first-order valence-electron chi connectivity index (χ1n) is 4.23. The third-order valence-corrected chi connectivity index (χ3v) is 1.96. The smallest absolute Gasteiger partial charge is 0.352 e. The zero-order valence-corrected chi connectivity index (χ0v) is 7.66. The fourth-order valence-electron chi connectivity index (χ4n) is 1.35. The normalized spacial score (nSPS) is 9.92. The van der Waals surface area contributed by atoms with E-state index in [-0.39, 0.29) is 0 Å². The highest BCUT2D eigenvalue weighted by atomic mass is 16.4. The summed E-state index contributed by atoms with van der Waals surface area (Å²) in [6.07, 6.45) is 2.53. The summed E-state index contributed by atoms with van der Waals surface area (Å²) in [7, 11) is 0. The molecule has 1 heterocycles. The number of aromatic carboxylic acids is 1. The number of carboxylic acid groups (broad SMARTS) is 1. The lowest BCUT2D eigenvalue weighted by Crippen LogP contribution is -2.09. The lowest BCUT2D eigenvalue weighted by Gasteiger charge is -2.06. The van der Waals surface area contributed by atoms with E-state index in [1.165, 1.54) is 0 Å². The fraction of sp³-hybridized carbons (Fsp3) is 0.300. The van der Waals surface area contributed by atoms with E-state index >= 15 is 0 Å². The molecule has 3 heteroatoms. The van der Waals surface area contributed by atoms with Gasteiger partial charge in [-0.05, 0) is 18.6 Å². The molecule has 1 rings (SSSR count). The maximum atomic E-state index is 10.8. The summed E-state index contributed by atoms with van der Waals surface area (Å²) in [5, 5.41) is 8.85. The molecule has 1 aromatic heterocycles. The highest BCUT2D eigenvalue weighted by Crippen LogP contribution is 2.10. The Morgan fingerprint density at radius 2 is 2.38 bits per heavy atom. The third kappa shape index (κ3) is 1.80. The molecule has 0 aliphatic rings. The summed E-state index contributed by atoms with van der Waals surface area (Å²) in [4.78, 5) is 10.8. The number of hydrogen-bond donors (Lipinski definition) is 1. The Labute approximate surface area is 77.3 Å². The van der Waals surface area contributed by atoms with Crippen LogP contribution in [-0.4, -0.2) is 15.6 Å². The molecule has 70 valence electrons. The van der Waals surface area contributed by atoms with Crippen molar-refractivity contribution < 1.29 is 9.90 Å². The highest BCUT2D eigenvalue weighted by molar-refractivity contribution is 5.86. The van der Waals surface area contributed by atoms with Crippen LogP contribution in [0.25, 0.3) is 0 Å². The number of rotatable bonds is 4. The second-order valence-electron chi connectivity index (χ2n) is 2.77. The van der Waals surface area contributed by atoms with E-state index in [0.29, 0.717) is 12.2 Å². The molecule has 0 aliphatic heterocycles. The van der Waals surface area contributed by atoms with E-state index in [1.807, 2.05) is 13.0 Å². The van der Waals surface area contributed by atoms with Crippen LogP contribution >= 0.6 is 0 Å². The van der Waals surface area contributed by atoms with Gasteiger partial charge in [0.2, 0.25) is 0 Å². The average Bonchev–Trinajstić information content (AvgIpc) is 2.48. The van der Waals surface area contributed by atoms with Gasteiger partial charge in [-0.1, -0.05) is 13.0 Å². The fourth-order valence-corrected chi connectivity index (χ4v) is 1.35. The molecule has 0 bridgehead atoms. The molecule has 0 amide bonds. The van der Waals surface area contributed by atoms with E-state index in [2.05, 4.69) is 6.58 Å². The maximum Gasteiger partial charge on any atom is 0.352 e. The van der Waals surface area contributed by atoms with Gasteiger partial charge in [0.1, 0.15) is 5.69 Å². The van der Waals surface area contributed by atoms with E-state index in [4.69, 9.17) is 5.11 Å². The minimum atomic E-state index is -0.887. The number of allylic oxidation sites excluding steroid dienone is 1. The second kappa shape index (κ2) is 3.94. The molecular weight excluding hydrogens is 166 g/mol. The van der Waals surface area contributed by atoms with Crippen molar-refractivity contribution in [2.45, 2.75) is 19.9 Å². The van der Waals surface area contributed by atoms with Crippen LogP contribution in [0.4, 0.5) is 0 Å². The Kier molecular flexibility index (Phi) is 2.90. The van der Waals surface area contributed by atoms with Crippen molar-refractivity contribution in [1.82, 2.24) is 4.57 Å². The maximum absolute atomic E-state index is 10.8. The van der Waals surface area contributed by atoms with E-state index in [9.17, 15) is 4.79 Å². The summed E-state index contributed by atoms with van der Waals surface area (Å²) in [6, 6.07) is 3.47. The molecule has 0 aromatic carbocycles. The molecule has 0 unspecified atom stereocenters. The zero-order valence-electron chi connectivity index (χ0n) is 7.66. The predicted octanol–water partition coefficient (Wildman–Crippen LogP) is 1.93. The number of carboxylic acids is 1.